The van der Waals surface area contributed by atoms with Gasteiger partial charge in [0.15, 0.2) is 0 Å². The molecule has 0 unspecified atom stereocenters. The third-order valence-electron chi connectivity index (χ3n) is 2.60. The van der Waals surface area contributed by atoms with Crippen LogP contribution in [0.2, 0.25) is 0 Å². The molecule has 0 radical (unpaired) electrons. The van der Waals surface area contributed by atoms with Gasteiger partial charge in [0.05, 0.1) is 6.61 Å². The highest BCUT2D eigenvalue weighted by molar-refractivity contribution is 7.99. The molecule has 1 aliphatic rings. The van der Waals surface area contributed by atoms with Crippen LogP contribution in [0, 0.1) is 0 Å². The summed E-state index contributed by atoms with van der Waals surface area (Å²) in [6, 6.07) is 10.1. The van der Waals surface area contributed by atoms with E-state index in [0.717, 1.165) is 12.0 Å². The lowest BCUT2D eigenvalue weighted by Crippen LogP contribution is -2.18. The number of carbonyl (C=O) groups excluding carboxylic acids is 1. The molecule has 84 valence electrons. The fourth-order valence-corrected chi connectivity index (χ4v) is 2.59. The Labute approximate surface area is 99.7 Å². The van der Waals surface area contributed by atoms with E-state index in [4.69, 9.17) is 4.74 Å². The van der Waals surface area contributed by atoms with Crippen molar-refractivity contribution >= 4 is 17.7 Å². The maximum absolute atomic E-state index is 11.5. The Hall–Kier alpha value is -1.22. The minimum absolute atomic E-state index is 0.146. The molecule has 0 spiro atoms. The number of cyclic esters (lactones) is 1. The van der Waals surface area contributed by atoms with Gasteiger partial charge in [-0.1, -0.05) is 23.8 Å². The molecule has 1 aromatic carbocycles. The first kappa shape index (κ1) is 11.3. The minimum Gasteiger partial charge on any atom is -0.462 e. The quantitative estimate of drug-likeness (QED) is 0.594. The lowest BCUT2D eigenvalue weighted by atomic mass is 10.1. The van der Waals surface area contributed by atoms with Crippen molar-refractivity contribution in [2.45, 2.75) is 18.2 Å². The maximum Gasteiger partial charge on any atom is 0.334 e. The summed E-state index contributed by atoms with van der Waals surface area (Å²) >= 11 is 1.68. The molecule has 0 N–H and O–H groups in total. The fourth-order valence-electron chi connectivity index (χ4n) is 1.56. The summed E-state index contributed by atoms with van der Waals surface area (Å²) in [6.45, 7) is 2.55. The molecule has 2 nitrogen and oxygen atoms in total. The Morgan fingerprint density at radius 2 is 2.06 bits per heavy atom. The lowest BCUT2D eigenvalue weighted by Gasteiger charge is -2.16. The zero-order chi connectivity index (χ0) is 11.4. The zero-order valence-corrected chi connectivity index (χ0v) is 10.0. The van der Waals surface area contributed by atoms with Crippen LogP contribution in [-0.2, 0) is 9.53 Å². The first-order valence-corrected chi connectivity index (χ1v) is 6.29. The van der Waals surface area contributed by atoms with Crippen LogP contribution in [0.5, 0.6) is 0 Å². The molecule has 3 heteroatoms. The number of thioether (sulfide) groups is 1. The van der Waals surface area contributed by atoms with Gasteiger partial charge in [-0.15, -0.1) is 11.8 Å². The monoisotopic (exact) mass is 234 g/mol. The number of carbonyl (C=O) groups is 1. The first-order valence-electron chi connectivity index (χ1n) is 5.31. The van der Waals surface area contributed by atoms with E-state index in [-0.39, 0.29) is 5.97 Å². The van der Waals surface area contributed by atoms with Crippen LogP contribution in [0.25, 0.3) is 0 Å². The molecule has 0 fully saturated rings. The molecule has 1 aliphatic heterocycles. The Morgan fingerprint density at radius 1 is 1.31 bits per heavy atom. The van der Waals surface area contributed by atoms with Crippen LogP contribution in [0.15, 0.2) is 46.4 Å². The number of ether oxygens (including phenoxy) is 1. The normalized spacial score (nSPS) is 16.2. The van der Waals surface area contributed by atoms with Gasteiger partial charge in [0.1, 0.15) is 0 Å². The fraction of sp³-hybridized carbons (Fsp3) is 0.308. The minimum atomic E-state index is -0.146. The van der Waals surface area contributed by atoms with Crippen molar-refractivity contribution in [3.8, 4) is 0 Å². The molecule has 0 atom stereocenters. The van der Waals surface area contributed by atoms with E-state index in [1.54, 1.807) is 11.8 Å². The summed E-state index contributed by atoms with van der Waals surface area (Å²) in [5, 5.41) is 0. The summed E-state index contributed by atoms with van der Waals surface area (Å²) in [5.41, 5.74) is 2.00. The van der Waals surface area contributed by atoms with E-state index >= 15 is 0 Å². The van der Waals surface area contributed by atoms with Gasteiger partial charge in [0.2, 0.25) is 0 Å². The van der Waals surface area contributed by atoms with Crippen molar-refractivity contribution in [3.05, 3.63) is 41.5 Å². The molecule has 0 aliphatic carbocycles. The van der Waals surface area contributed by atoms with Crippen LogP contribution in [0.1, 0.15) is 13.3 Å². The average Bonchev–Trinajstić information content (AvgIpc) is 2.30. The van der Waals surface area contributed by atoms with Crippen molar-refractivity contribution in [3.63, 3.8) is 0 Å². The lowest BCUT2D eigenvalue weighted by molar-refractivity contribution is -0.139. The maximum atomic E-state index is 11.5. The second kappa shape index (κ2) is 5.21. The highest BCUT2D eigenvalue weighted by Gasteiger charge is 2.19. The van der Waals surface area contributed by atoms with Gasteiger partial charge in [-0.3, -0.25) is 0 Å². The van der Waals surface area contributed by atoms with Gasteiger partial charge in [-0.05, 0) is 19.1 Å². The second-order valence-corrected chi connectivity index (χ2v) is 4.80. The number of rotatable bonds is 3. The topological polar surface area (TPSA) is 26.3 Å². The Kier molecular flexibility index (Phi) is 3.67. The molecule has 16 heavy (non-hydrogen) atoms. The smallest absolute Gasteiger partial charge is 0.334 e. The molecule has 0 bridgehead atoms. The molecule has 2 rings (SSSR count). The van der Waals surface area contributed by atoms with Crippen LogP contribution in [0.4, 0.5) is 0 Å². The molecule has 1 heterocycles. The van der Waals surface area contributed by atoms with Crippen molar-refractivity contribution in [1.82, 2.24) is 0 Å². The largest absolute Gasteiger partial charge is 0.462 e. The van der Waals surface area contributed by atoms with Gasteiger partial charge in [-0.25, -0.2) is 4.79 Å². The van der Waals surface area contributed by atoms with E-state index in [0.29, 0.717) is 12.4 Å². The molecular formula is C13H14O2S. The summed E-state index contributed by atoms with van der Waals surface area (Å²) in [7, 11) is 0. The standard InChI is InChI=1S/C13H14O2S/c1-10-7-8-15-13(14)12(10)9-16-11-5-3-2-4-6-11/h2-6H,7-9H2,1H3. The predicted octanol–water partition coefficient (Wildman–Crippen LogP) is 3.04. The summed E-state index contributed by atoms with van der Waals surface area (Å²) in [6.07, 6.45) is 0.871. The average molecular weight is 234 g/mol. The van der Waals surface area contributed by atoms with E-state index in [1.165, 1.54) is 10.5 Å². The van der Waals surface area contributed by atoms with Crippen molar-refractivity contribution in [1.29, 1.82) is 0 Å². The number of hydrogen-bond acceptors (Lipinski definition) is 3. The van der Waals surface area contributed by atoms with Gasteiger partial charge in [0, 0.05) is 22.6 Å². The van der Waals surface area contributed by atoms with Crippen molar-refractivity contribution in [2.75, 3.05) is 12.4 Å². The molecule has 0 amide bonds. The summed E-state index contributed by atoms with van der Waals surface area (Å²) in [4.78, 5) is 12.7. The third kappa shape index (κ3) is 2.67. The highest BCUT2D eigenvalue weighted by Crippen LogP contribution is 2.25. The molecule has 0 aromatic heterocycles. The first-order chi connectivity index (χ1) is 7.77. The SMILES string of the molecule is CC1=C(CSc2ccccc2)C(=O)OCC1. The van der Waals surface area contributed by atoms with Gasteiger partial charge < -0.3 is 4.74 Å². The zero-order valence-electron chi connectivity index (χ0n) is 9.23. The van der Waals surface area contributed by atoms with Crippen LogP contribution in [0.3, 0.4) is 0 Å². The number of esters is 1. The van der Waals surface area contributed by atoms with E-state index < -0.39 is 0 Å². The Bertz CT molecular complexity index is 409. The predicted molar refractivity (Wildman–Crippen MR) is 65.4 cm³/mol. The molecule has 0 saturated heterocycles. The Morgan fingerprint density at radius 3 is 2.75 bits per heavy atom. The Balaban J connectivity index is 2.02. The van der Waals surface area contributed by atoms with E-state index in [2.05, 4.69) is 12.1 Å². The van der Waals surface area contributed by atoms with Crippen molar-refractivity contribution < 1.29 is 9.53 Å². The molecule has 0 saturated carbocycles. The molecule has 1 aromatic rings. The van der Waals surface area contributed by atoms with Gasteiger partial charge >= 0.3 is 5.97 Å². The summed E-state index contributed by atoms with van der Waals surface area (Å²) < 4.78 is 5.04. The molecular weight excluding hydrogens is 220 g/mol. The number of benzene rings is 1. The second-order valence-electron chi connectivity index (χ2n) is 3.75. The van der Waals surface area contributed by atoms with E-state index in [9.17, 15) is 4.79 Å². The van der Waals surface area contributed by atoms with Gasteiger partial charge in [0.25, 0.3) is 0 Å². The highest BCUT2D eigenvalue weighted by atomic mass is 32.2. The van der Waals surface area contributed by atoms with Crippen LogP contribution >= 0.6 is 11.8 Å². The van der Waals surface area contributed by atoms with Crippen LogP contribution in [-0.4, -0.2) is 18.3 Å². The van der Waals surface area contributed by atoms with Crippen molar-refractivity contribution in [2.24, 2.45) is 0 Å². The third-order valence-corrected chi connectivity index (χ3v) is 3.64. The number of hydrogen-bond donors (Lipinski definition) is 0. The van der Waals surface area contributed by atoms with Gasteiger partial charge in [-0.2, -0.15) is 0 Å². The summed E-state index contributed by atoms with van der Waals surface area (Å²) in [5.74, 6) is 0.557. The van der Waals surface area contributed by atoms with Crippen LogP contribution < -0.4 is 0 Å². The van der Waals surface area contributed by atoms with E-state index in [1.807, 2.05) is 25.1 Å².